The summed E-state index contributed by atoms with van der Waals surface area (Å²) in [4.78, 5) is 13.5. The molecule has 0 aromatic heterocycles. The van der Waals surface area contributed by atoms with Crippen LogP contribution in [0, 0.1) is 11.3 Å². The van der Waals surface area contributed by atoms with Gasteiger partial charge in [0.15, 0.2) is 0 Å². The molecule has 1 unspecified atom stereocenters. The number of likely N-dealkylation sites (tertiary alicyclic amines) is 1. The second-order valence-corrected chi connectivity index (χ2v) is 5.72. The molecule has 15 heavy (non-hydrogen) atoms. The first-order valence-electron chi connectivity index (χ1n) is 5.81. The van der Waals surface area contributed by atoms with Crippen LogP contribution >= 0.6 is 0 Å². The first-order valence-corrected chi connectivity index (χ1v) is 5.81. The van der Waals surface area contributed by atoms with Crippen LogP contribution in [-0.2, 0) is 4.79 Å². The molecule has 1 atom stereocenters. The van der Waals surface area contributed by atoms with Gasteiger partial charge >= 0.3 is 5.97 Å². The van der Waals surface area contributed by atoms with Gasteiger partial charge in [-0.2, -0.15) is 0 Å². The molecule has 3 nitrogen and oxygen atoms in total. The van der Waals surface area contributed by atoms with Gasteiger partial charge in [0.25, 0.3) is 0 Å². The highest BCUT2D eigenvalue weighted by Gasteiger charge is 2.42. The van der Waals surface area contributed by atoms with Crippen LogP contribution in [0.1, 0.15) is 40.5 Å². The van der Waals surface area contributed by atoms with E-state index < -0.39 is 5.97 Å². The average molecular weight is 213 g/mol. The van der Waals surface area contributed by atoms with Gasteiger partial charge in [-0.25, -0.2) is 0 Å². The lowest BCUT2D eigenvalue weighted by atomic mass is 9.76. The van der Waals surface area contributed by atoms with Gasteiger partial charge < -0.3 is 5.11 Å². The Morgan fingerprint density at radius 2 is 2.13 bits per heavy atom. The Hall–Kier alpha value is -0.570. The minimum Gasteiger partial charge on any atom is -0.480 e. The lowest BCUT2D eigenvalue weighted by Crippen LogP contribution is -2.55. The number of carbonyl (C=O) groups is 1. The molecule has 0 saturated carbocycles. The van der Waals surface area contributed by atoms with E-state index in [-0.39, 0.29) is 11.5 Å². The first-order chi connectivity index (χ1) is 6.84. The molecule has 3 heteroatoms. The van der Waals surface area contributed by atoms with Crippen LogP contribution in [0.2, 0.25) is 0 Å². The normalized spacial score (nSPS) is 26.9. The van der Waals surface area contributed by atoms with E-state index in [0.29, 0.717) is 5.92 Å². The fraction of sp³-hybridized carbons (Fsp3) is 0.917. The Kier molecular flexibility index (Phi) is 3.77. The lowest BCUT2D eigenvalue weighted by Gasteiger charge is -2.44. The number of aliphatic carboxylic acids is 1. The Labute approximate surface area is 92.5 Å². The zero-order valence-electron chi connectivity index (χ0n) is 10.3. The van der Waals surface area contributed by atoms with Crippen LogP contribution in [0.5, 0.6) is 0 Å². The maximum Gasteiger partial charge on any atom is 0.321 e. The summed E-state index contributed by atoms with van der Waals surface area (Å²) < 4.78 is 0. The van der Waals surface area contributed by atoms with E-state index in [9.17, 15) is 9.90 Å². The number of carboxylic acid groups (broad SMARTS) is 1. The summed E-state index contributed by atoms with van der Waals surface area (Å²) in [6.45, 7) is 10.2. The van der Waals surface area contributed by atoms with Crippen LogP contribution in [0.25, 0.3) is 0 Å². The van der Waals surface area contributed by atoms with Crippen LogP contribution < -0.4 is 0 Å². The van der Waals surface area contributed by atoms with Gasteiger partial charge in [0.1, 0.15) is 6.04 Å². The second kappa shape index (κ2) is 4.52. The van der Waals surface area contributed by atoms with Gasteiger partial charge in [0.05, 0.1) is 0 Å². The minimum atomic E-state index is -0.666. The average Bonchev–Trinajstić information content (AvgIpc) is 1.99. The number of rotatable bonds is 3. The van der Waals surface area contributed by atoms with Crippen molar-refractivity contribution in [3.63, 3.8) is 0 Å². The van der Waals surface area contributed by atoms with Crippen molar-refractivity contribution < 1.29 is 9.90 Å². The van der Waals surface area contributed by atoms with Gasteiger partial charge in [0, 0.05) is 6.54 Å². The first kappa shape index (κ1) is 12.5. The van der Waals surface area contributed by atoms with Crippen molar-refractivity contribution in [3.8, 4) is 0 Å². The molecule has 0 radical (unpaired) electrons. The van der Waals surface area contributed by atoms with E-state index in [4.69, 9.17) is 0 Å². The van der Waals surface area contributed by atoms with Crippen LogP contribution in [0.15, 0.2) is 0 Å². The zero-order valence-corrected chi connectivity index (χ0v) is 10.3. The van der Waals surface area contributed by atoms with Crippen LogP contribution in [0.4, 0.5) is 0 Å². The van der Waals surface area contributed by atoms with Crippen LogP contribution in [-0.4, -0.2) is 35.1 Å². The van der Waals surface area contributed by atoms with Gasteiger partial charge in [-0.3, -0.25) is 9.69 Å². The highest BCUT2D eigenvalue weighted by atomic mass is 16.4. The fourth-order valence-corrected chi connectivity index (χ4v) is 2.65. The molecule has 0 bridgehead atoms. The second-order valence-electron chi connectivity index (χ2n) is 5.72. The number of carboxylic acids is 1. The molecule has 1 heterocycles. The van der Waals surface area contributed by atoms with Gasteiger partial charge in [-0.1, -0.05) is 27.7 Å². The quantitative estimate of drug-likeness (QED) is 0.781. The molecule has 1 fully saturated rings. The smallest absolute Gasteiger partial charge is 0.321 e. The summed E-state index contributed by atoms with van der Waals surface area (Å²) in [5.74, 6) is -0.138. The Bertz CT molecular complexity index is 236. The van der Waals surface area contributed by atoms with Crippen molar-refractivity contribution in [3.05, 3.63) is 0 Å². The topological polar surface area (TPSA) is 40.5 Å². The predicted molar refractivity (Wildman–Crippen MR) is 60.8 cm³/mol. The predicted octanol–water partition coefficient (Wildman–Crippen LogP) is 2.22. The molecule has 1 saturated heterocycles. The van der Waals surface area contributed by atoms with E-state index in [0.717, 1.165) is 25.9 Å². The van der Waals surface area contributed by atoms with Crippen LogP contribution in [0.3, 0.4) is 0 Å². The summed E-state index contributed by atoms with van der Waals surface area (Å²) in [7, 11) is 0. The number of piperidine rings is 1. The Balaban J connectivity index is 2.80. The molecule has 88 valence electrons. The molecular weight excluding hydrogens is 190 g/mol. The lowest BCUT2D eigenvalue weighted by molar-refractivity contribution is -0.151. The molecule has 0 aliphatic carbocycles. The maximum absolute atomic E-state index is 11.3. The van der Waals surface area contributed by atoms with Gasteiger partial charge in [0.2, 0.25) is 0 Å². The number of nitrogens with zero attached hydrogens (tertiary/aromatic N) is 1. The molecule has 0 aromatic carbocycles. The van der Waals surface area contributed by atoms with Crippen molar-refractivity contribution in [1.82, 2.24) is 4.90 Å². The molecular formula is C12H23NO2. The zero-order chi connectivity index (χ0) is 11.6. The van der Waals surface area contributed by atoms with Crippen molar-refractivity contribution >= 4 is 5.97 Å². The van der Waals surface area contributed by atoms with Crippen molar-refractivity contribution in [2.45, 2.75) is 46.6 Å². The largest absolute Gasteiger partial charge is 0.480 e. The fourth-order valence-electron chi connectivity index (χ4n) is 2.65. The molecule has 1 N–H and O–H groups in total. The van der Waals surface area contributed by atoms with Crippen molar-refractivity contribution in [2.24, 2.45) is 11.3 Å². The third-order valence-corrected chi connectivity index (χ3v) is 3.21. The molecule has 0 amide bonds. The minimum absolute atomic E-state index is 0.0982. The van der Waals surface area contributed by atoms with E-state index in [1.165, 1.54) is 0 Å². The molecule has 0 spiro atoms. The highest BCUT2D eigenvalue weighted by Crippen LogP contribution is 2.35. The third-order valence-electron chi connectivity index (χ3n) is 3.21. The van der Waals surface area contributed by atoms with E-state index in [2.05, 4.69) is 32.6 Å². The van der Waals surface area contributed by atoms with E-state index in [1.807, 2.05) is 0 Å². The standard InChI is InChI=1S/C12H23NO2/c1-9(2)8-13-7-5-6-12(3,4)10(13)11(14)15/h9-10H,5-8H2,1-4H3,(H,14,15). The van der Waals surface area contributed by atoms with E-state index >= 15 is 0 Å². The summed E-state index contributed by atoms with van der Waals surface area (Å²) in [6.07, 6.45) is 2.13. The maximum atomic E-state index is 11.3. The molecule has 1 aliphatic rings. The summed E-state index contributed by atoms with van der Waals surface area (Å²) in [6, 6.07) is -0.311. The Morgan fingerprint density at radius 1 is 1.53 bits per heavy atom. The van der Waals surface area contributed by atoms with Gasteiger partial charge in [-0.05, 0) is 30.7 Å². The monoisotopic (exact) mass is 213 g/mol. The van der Waals surface area contributed by atoms with E-state index in [1.54, 1.807) is 0 Å². The third kappa shape index (κ3) is 2.94. The summed E-state index contributed by atoms with van der Waals surface area (Å²) in [5.41, 5.74) is -0.0982. The molecule has 0 aromatic rings. The number of hydrogen-bond donors (Lipinski definition) is 1. The Morgan fingerprint density at radius 3 is 2.60 bits per heavy atom. The highest BCUT2D eigenvalue weighted by molar-refractivity contribution is 5.74. The van der Waals surface area contributed by atoms with Crippen molar-refractivity contribution in [2.75, 3.05) is 13.1 Å². The SMILES string of the molecule is CC(C)CN1CCCC(C)(C)C1C(=O)O. The van der Waals surface area contributed by atoms with Gasteiger partial charge in [-0.15, -0.1) is 0 Å². The summed E-state index contributed by atoms with van der Waals surface area (Å²) >= 11 is 0. The molecule has 1 aliphatic heterocycles. The number of hydrogen-bond acceptors (Lipinski definition) is 2. The van der Waals surface area contributed by atoms with Crippen molar-refractivity contribution in [1.29, 1.82) is 0 Å². The molecule has 1 rings (SSSR count). The summed E-state index contributed by atoms with van der Waals surface area (Å²) in [5, 5.41) is 9.32.